The molecule has 0 saturated carbocycles. The van der Waals surface area contributed by atoms with Crippen molar-refractivity contribution >= 4 is 5.97 Å². The molecule has 1 heterocycles. The second-order valence-corrected chi connectivity index (χ2v) is 6.31. The lowest BCUT2D eigenvalue weighted by molar-refractivity contribution is -0.141. The summed E-state index contributed by atoms with van der Waals surface area (Å²) in [6, 6.07) is 0. The van der Waals surface area contributed by atoms with E-state index in [1.54, 1.807) is 0 Å². The topological polar surface area (TPSA) is 38.8 Å². The maximum Gasteiger partial charge on any atom is 0.302 e. The first-order valence-electron chi connectivity index (χ1n) is 9.03. The van der Waals surface area contributed by atoms with E-state index in [9.17, 15) is 4.79 Å². The Morgan fingerprint density at radius 3 is 1.95 bits per heavy atom. The molecule has 1 saturated heterocycles. The molecular formula is C18H34O3. The van der Waals surface area contributed by atoms with Gasteiger partial charge in [0.1, 0.15) is 0 Å². The summed E-state index contributed by atoms with van der Waals surface area (Å²) in [6.45, 7) is 4.31. The van der Waals surface area contributed by atoms with Crippen LogP contribution in [0.2, 0.25) is 0 Å². The highest BCUT2D eigenvalue weighted by Gasteiger charge is 2.36. The van der Waals surface area contributed by atoms with Crippen LogP contribution in [0.15, 0.2) is 0 Å². The standard InChI is InChI=1S/C18H34O3/c1-3-4-13-17-18(21-17)14-11-9-7-5-6-8-10-12-15-20-16(2)19/h17-18H,3-15H2,1-2H3. The molecule has 1 aliphatic heterocycles. The third-order valence-corrected chi connectivity index (χ3v) is 4.22. The van der Waals surface area contributed by atoms with Gasteiger partial charge in [-0.3, -0.25) is 4.79 Å². The fourth-order valence-corrected chi connectivity index (χ4v) is 2.82. The smallest absolute Gasteiger partial charge is 0.302 e. The summed E-state index contributed by atoms with van der Waals surface area (Å²) in [6.07, 6.45) is 16.5. The quantitative estimate of drug-likeness (QED) is 0.257. The summed E-state index contributed by atoms with van der Waals surface area (Å²) in [5.41, 5.74) is 0. The molecule has 0 bridgehead atoms. The Kier molecular flexibility index (Phi) is 10.6. The molecule has 1 aliphatic rings. The summed E-state index contributed by atoms with van der Waals surface area (Å²) in [5, 5.41) is 0. The third kappa shape index (κ3) is 10.8. The zero-order valence-electron chi connectivity index (χ0n) is 14.1. The predicted octanol–water partition coefficient (Wildman–Crippen LogP) is 5.02. The average molecular weight is 298 g/mol. The van der Waals surface area contributed by atoms with Gasteiger partial charge in [0, 0.05) is 6.92 Å². The van der Waals surface area contributed by atoms with Gasteiger partial charge in [0.25, 0.3) is 0 Å². The van der Waals surface area contributed by atoms with Crippen LogP contribution in [0.1, 0.15) is 90.9 Å². The molecule has 2 atom stereocenters. The molecular weight excluding hydrogens is 264 g/mol. The van der Waals surface area contributed by atoms with E-state index in [0.717, 1.165) is 6.42 Å². The molecule has 21 heavy (non-hydrogen) atoms. The summed E-state index contributed by atoms with van der Waals surface area (Å²) in [4.78, 5) is 10.6. The van der Waals surface area contributed by atoms with Gasteiger partial charge in [-0.2, -0.15) is 0 Å². The van der Waals surface area contributed by atoms with Crippen LogP contribution in [0.3, 0.4) is 0 Å². The predicted molar refractivity (Wildman–Crippen MR) is 86.4 cm³/mol. The fraction of sp³-hybridized carbons (Fsp3) is 0.944. The van der Waals surface area contributed by atoms with E-state index < -0.39 is 0 Å². The van der Waals surface area contributed by atoms with Crippen molar-refractivity contribution in [1.29, 1.82) is 0 Å². The van der Waals surface area contributed by atoms with Crippen molar-refractivity contribution in [3.05, 3.63) is 0 Å². The first-order chi connectivity index (χ1) is 10.2. The number of carbonyl (C=O) groups is 1. The minimum absolute atomic E-state index is 0.161. The zero-order valence-corrected chi connectivity index (χ0v) is 14.1. The molecule has 0 amide bonds. The van der Waals surface area contributed by atoms with Crippen LogP contribution in [-0.2, 0) is 14.3 Å². The molecule has 3 heteroatoms. The van der Waals surface area contributed by atoms with Crippen molar-refractivity contribution in [3.8, 4) is 0 Å². The molecule has 1 rings (SSSR count). The normalized spacial score (nSPS) is 20.5. The minimum atomic E-state index is -0.161. The molecule has 0 spiro atoms. The van der Waals surface area contributed by atoms with Gasteiger partial charge < -0.3 is 9.47 Å². The highest BCUT2D eigenvalue weighted by Crippen LogP contribution is 2.31. The molecule has 124 valence electrons. The molecule has 1 fully saturated rings. The Hall–Kier alpha value is -0.570. The molecule has 0 aromatic carbocycles. The van der Waals surface area contributed by atoms with Gasteiger partial charge in [0.05, 0.1) is 18.8 Å². The number of ether oxygens (including phenoxy) is 2. The van der Waals surface area contributed by atoms with Crippen molar-refractivity contribution in [2.45, 2.75) is 103 Å². The Balaban J connectivity index is 1.71. The lowest BCUT2D eigenvalue weighted by atomic mass is 10.0. The summed E-state index contributed by atoms with van der Waals surface area (Å²) in [5.74, 6) is -0.161. The van der Waals surface area contributed by atoms with E-state index in [0.29, 0.717) is 18.8 Å². The van der Waals surface area contributed by atoms with Crippen molar-refractivity contribution in [2.75, 3.05) is 6.61 Å². The largest absolute Gasteiger partial charge is 0.466 e. The van der Waals surface area contributed by atoms with Crippen LogP contribution in [-0.4, -0.2) is 24.8 Å². The van der Waals surface area contributed by atoms with Gasteiger partial charge in [-0.05, 0) is 19.3 Å². The van der Waals surface area contributed by atoms with Gasteiger partial charge in [0.15, 0.2) is 0 Å². The summed E-state index contributed by atoms with van der Waals surface area (Å²) < 4.78 is 10.6. The van der Waals surface area contributed by atoms with Gasteiger partial charge in [-0.15, -0.1) is 0 Å². The Labute approximate surface area is 130 Å². The third-order valence-electron chi connectivity index (χ3n) is 4.22. The van der Waals surface area contributed by atoms with Crippen LogP contribution < -0.4 is 0 Å². The average Bonchev–Trinajstić information content (AvgIpc) is 3.20. The number of hydrogen-bond acceptors (Lipinski definition) is 3. The van der Waals surface area contributed by atoms with E-state index >= 15 is 0 Å². The van der Waals surface area contributed by atoms with Crippen LogP contribution in [0.25, 0.3) is 0 Å². The molecule has 0 N–H and O–H groups in total. The molecule has 0 radical (unpaired) electrons. The van der Waals surface area contributed by atoms with Gasteiger partial charge in [0.2, 0.25) is 0 Å². The van der Waals surface area contributed by atoms with Crippen molar-refractivity contribution in [2.24, 2.45) is 0 Å². The maximum atomic E-state index is 10.6. The molecule has 0 aromatic heterocycles. The lowest BCUT2D eigenvalue weighted by Crippen LogP contribution is -2.00. The molecule has 0 aromatic rings. The van der Waals surface area contributed by atoms with Crippen molar-refractivity contribution in [3.63, 3.8) is 0 Å². The van der Waals surface area contributed by atoms with E-state index in [4.69, 9.17) is 9.47 Å². The highest BCUT2D eigenvalue weighted by molar-refractivity contribution is 5.65. The number of esters is 1. The molecule has 2 unspecified atom stereocenters. The summed E-state index contributed by atoms with van der Waals surface area (Å²) in [7, 11) is 0. The van der Waals surface area contributed by atoms with Crippen LogP contribution in [0.4, 0.5) is 0 Å². The zero-order chi connectivity index (χ0) is 15.3. The molecule has 0 aliphatic carbocycles. The second kappa shape index (κ2) is 12.0. The number of carbonyl (C=O) groups excluding carboxylic acids is 1. The van der Waals surface area contributed by atoms with Crippen molar-refractivity contribution < 1.29 is 14.3 Å². The van der Waals surface area contributed by atoms with E-state index in [1.165, 1.54) is 77.6 Å². The first-order valence-corrected chi connectivity index (χ1v) is 9.03. The molecule has 3 nitrogen and oxygen atoms in total. The van der Waals surface area contributed by atoms with Gasteiger partial charge in [-0.25, -0.2) is 0 Å². The SMILES string of the molecule is CCCCC1OC1CCCCCCCCCCOC(C)=O. The second-order valence-electron chi connectivity index (χ2n) is 6.31. The minimum Gasteiger partial charge on any atom is -0.466 e. The van der Waals surface area contributed by atoms with E-state index in [1.807, 2.05) is 0 Å². The number of rotatable bonds is 14. The van der Waals surface area contributed by atoms with E-state index in [-0.39, 0.29) is 5.97 Å². The van der Waals surface area contributed by atoms with Gasteiger partial charge in [-0.1, -0.05) is 64.7 Å². The van der Waals surface area contributed by atoms with Crippen LogP contribution >= 0.6 is 0 Å². The van der Waals surface area contributed by atoms with Crippen molar-refractivity contribution in [1.82, 2.24) is 0 Å². The number of hydrogen-bond donors (Lipinski definition) is 0. The Morgan fingerprint density at radius 2 is 1.38 bits per heavy atom. The highest BCUT2D eigenvalue weighted by atomic mass is 16.6. The monoisotopic (exact) mass is 298 g/mol. The van der Waals surface area contributed by atoms with E-state index in [2.05, 4.69) is 6.92 Å². The summed E-state index contributed by atoms with van der Waals surface area (Å²) >= 11 is 0. The first kappa shape index (κ1) is 18.5. The Bertz CT molecular complexity index is 265. The lowest BCUT2D eigenvalue weighted by Gasteiger charge is -2.03. The van der Waals surface area contributed by atoms with Gasteiger partial charge >= 0.3 is 5.97 Å². The van der Waals surface area contributed by atoms with Crippen LogP contribution in [0, 0.1) is 0 Å². The van der Waals surface area contributed by atoms with Crippen LogP contribution in [0.5, 0.6) is 0 Å². The maximum absolute atomic E-state index is 10.6. The fourth-order valence-electron chi connectivity index (χ4n) is 2.82. The number of epoxide rings is 1. The number of unbranched alkanes of at least 4 members (excludes halogenated alkanes) is 8. The Morgan fingerprint density at radius 1 is 0.857 bits per heavy atom.